The molecule has 0 aliphatic rings. The minimum Gasteiger partial charge on any atom is -0.0991 e. The van der Waals surface area contributed by atoms with E-state index in [1.54, 1.807) is 0 Å². The first-order valence-electron chi connectivity index (χ1n) is 16.2. The monoisotopic (exact) mass is 582 g/mol. The quantitative estimate of drug-likeness (QED) is 0.163. The van der Waals surface area contributed by atoms with Crippen molar-refractivity contribution in [2.75, 3.05) is 0 Å². The molecule has 44 heavy (non-hydrogen) atoms. The van der Waals surface area contributed by atoms with Gasteiger partial charge in [-0.25, -0.2) is 0 Å². The summed E-state index contributed by atoms with van der Waals surface area (Å²) in [5.74, 6) is 0.893. The van der Waals surface area contributed by atoms with Crippen LogP contribution >= 0.6 is 0 Å². The second-order valence-electron chi connectivity index (χ2n) is 11.2. The summed E-state index contributed by atoms with van der Waals surface area (Å²) in [5, 5.41) is 2.37. The molecule has 0 heteroatoms. The van der Waals surface area contributed by atoms with Gasteiger partial charge in [-0.3, -0.25) is 0 Å². The molecule has 2 rings (SSSR count). The van der Waals surface area contributed by atoms with Crippen LogP contribution in [0.25, 0.3) is 34.1 Å². The summed E-state index contributed by atoms with van der Waals surface area (Å²) in [6, 6.07) is 8.68. The van der Waals surface area contributed by atoms with Crippen LogP contribution in [-0.4, -0.2) is 0 Å². The van der Waals surface area contributed by atoms with Gasteiger partial charge >= 0.3 is 0 Å². The zero-order valence-electron chi connectivity index (χ0n) is 28.2. The van der Waals surface area contributed by atoms with Gasteiger partial charge < -0.3 is 0 Å². The van der Waals surface area contributed by atoms with Gasteiger partial charge in [-0.05, 0) is 101 Å². The Hall–Kier alpha value is -4.16. The van der Waals surface area contributed by atoms with Gasteiger partial charge in [0.2, 0.25) is 0 Å². The summed E-state index contributed by atoms with van der Waals surface area (Å²) in [5.41, 5.74) is 9.26. The highest BCUT2D eigenvalue weighted by atomic mass is 14.2. The van der Waals surface area contributed by atoms with Crippen LogP contribution in [-0.2, 0) is 0 Å². The van der Waals surface area contributed by atoms with Gasteiger partial charge in [-0.15, -0.1) is 0 Å². The molecule has 2 atom stereocenters. The van der Waals surface area contributed by atoms with E-state index in [0.29, 0.717) is 11.8 Å². The standard InChI is InChI=1S/C44H54/c1-11-19-20-26-33(9)38(25-14-4)32-31-36(16-6)44-40(18-8)39(17-7)43(41-27-21-22-28-42(41)44)35(15-5)30-29-34(10)37(23-12-2)24-13-3/h11-12,15-23,26-33,38H,2,5,7-8,13-14,24-25H2,1,3-4,6,9-10H3/b19-11-,26-20-,32-31-,34-29+,35-30+,36-16+,37-23+. The van der Waals surface area contributed by atoms with E-state index in [1.165, 1.54) is 33.1 Å². The molecule has 0 heterocycles. The maximum Gasteiger partial charge on any atom is -0.00268 e. The summed E-state index contributed by atoms with van der Waals surface area (Å²) >= 11 is 0. The number of benzene rings is 2. The van der Waals surface area contributed by atoms with Crippen molar-refractivity contribution in [1.82, 2.24) is 0 Å². The number of fused-ring (bicyclic) bond motifs is 1. The Morgan fingerprint density at radius 3 is 1.93 bits per heavy atom. The Labute approximate surface area is 269 Å². The molecule has 0 fully saturated rings. The van der Waals surface area contributed by atoms with Gasteiger partial charge in [0.05, 0.1) is 0 Å². The van der Waals surface area contributed by atoms with E-state index in [2.05, 4.69) is 153 Å². The first-order valence-corrected chi connectivity index (χ1v) is 16.2. The summed E-state index contributed by atoms with van der Waals surface area (Å²) in [7, 11) is 0. The first-order chi connectivity index (χ1) is 21.4. The molecule has 0 saturated heterocycles. The molecule has 2 unspecified atom stereocenters. The minimum atomic E-state index is 0.443. The average Bonchev–Trinajstić information content (AvgIpc) is 3.04. The molecule has 0 aliphatic carbocycles. The van der Waals surface area contributed by atoms with Crippen molar-refractivity contribution in [2.24, 2.45) is 11.8 Å². The maximum atomic E-state index is 4.29. The van der Waals surface area contributed by atoms with Gasteiger partial charge in [0.15, 0.2) is 0 Å². The van der Waals surface area contributed by atoms with Crippen molar-refractivity contribution in [1.29, 1.82) is 0 Å². The topological polar surface area (TPSA) is 0 Å². The van der Waals surface area contributed by atoms with Crippen LogP contribution in [0.3, 0.4) is 0 Å². The third kappa shape index (κ3) is 9.17. The van der Waals surface area contributed by atoms with Crippen LogP contribution in [0, 0.1) is 11.8 Å². The summed E-state index contributed by atoms with van der Waals surface area (Å²) in [6.07, 6.45) is 34.3. The second-order valence-corrected chi connectivity index (χ2v) is 11.2. The third-order valence-corrected chi connectivity index (χ3v) is 8.21. The van der Waals surface area contributed by atoms with E-state index < -0.39 is 0 Å². The molecule has 0 spiro atoms. The first kappa shape index (κ1) is 36.0. The predicted molar refractivity (Wildman–Crippen MR) is 204 cm³/mol. The maximum absolute atomic E-state index is 4.29. The largest absolute Gasteiger partial charge is 0.0991 e. The van der Waals surface area contributed by atoms with Crippen molar-refractivity contribution >= 4 is 34.1 Å². The van der Waals surface area contributed by atoms with E-state index in [9.17, 15) is 0 Å². The van der Waals surface area contributed by atoms with Crippen molar-refractivity contribution in [3.8, 4) is 0 Å². The molecule has 0 radical (unpaired) electrons. The molecule has 0 saturated carbocycles. The highest BCUT2D eigenvalue weighted by Gasteiger charge is 2.19. The van der Waals surface area contributed by atoms with E-state index in [1.807, 2.05) is 24.3 Å². The Balaban J connectivity index is 2.85. The minimum absolute atomic E-state index is 0.443. The molecular weight excluding hydrogens is 528 g/mol. The van der Waals surface area contributed by atoms with Gasteiger partial charge in [-0.1, -0.05) is 169 Å². The van der Waals surface area contributed by atoms with Crippen molar-refractivity contribution < 1.29 is 0 Å². The van der Waals surface area contributed by atoms with Crippen LogP contribution < -0.4 is 0 Å². The highest BCUT2D eigenvalue weighted by molar-refractivity contribution is 6.08. The van der Waals surface area contributed by atoms with Crippen LogP contribution in [0.2, 0.25) is 0 Å². The predicted octanol–water partition coefficient (Wildman–Crippen LogP) is 13.7. The summed E-state index contributed by atoms with van der Waals surface area (Å²) < 4.78 is 0. The average molecular weight is 583 g/mol. The van der Waals surface area contributed by atoms with E-state index in [4.69, 9.17) is 0 Å². The normalized spacial score (nSPS) is 15.0. The molecule has 2 aromatic rings. The smallest absolute Gasteiger partial charge is 0.00268 e. The molecule has 0 nitrogen and oxygen atoms in total. The van der Waals surface area contributed by atoms with Crippen molar-refractivity contribution in [3.05, 3.63) is 157 Å². The molecule has 0 aromatic heterocycles. The fraction of sp³-hybridized carbons (Fsp3) is 0.273. The van der Waals surface area contributed by atoms with E-state index in [0.717, 1.165) is 47.9 Å². The fourth-order valence-electron chi connectivity index (χ4n) is 5.84. The molecule has 0 amide bonds. The van der Waals surface area contributed by atoms with Crippen LogP contribution in [0.1, 0.15) is 89.5 Å². The lowest BCUT2D eigenvalue weighted by Gasteiger charge is -2.22. The number of hydrogen-bond donors (Lipinski definition) is 0. The zero-order chi connectivity index (χ0) is 32.5. The molecule has 0 N–H and O–H groups in total. The van der Waals surface area contributed by atoms with Gasteiger partial charge in [0.1, 0.15) is 0 Å². The van der Waals surface area contributed by atoms with Crippen LogP contribution in [0.5, 0.6) is 0 Å². The molecular formula is C44H54. The Morgan fingerprint density at radius 2 is 1.43 bits per heavy atom. The second kappa shape index (κ2) is 19.2. The Kier molecular flexibility index (Phi) is 15.7. The van der Waals surface area contributed by atoms with Gasteiger partial charge in [0.25, 0.3) is 0 Å². The lowest BCUT2D eigenvalue weighted by Crippen LogP contribution is -2.06. The molecule has 0 aliphatic heterocycles. The summed E-state index contributed by atoms with van der Waals surface area (Å²) in [4.78, 5) is 0. The highest BCUT2D eigenvalue weighted by Crippen LogP contribution is 2.40. The Bertz CT molecular complexity index is 1520. The number of rotatable bonds is 17. The van der Waals surface area contributed by atoms with Crippen LogP contribution in [0.15, 0.2) is 135 Å². The van der Waals surface area contributed by atoms with E-state index in [-0.39, 0.29) is 0 Å². The van der Waals surface area contributed by atoms with Gasteiger partial charge in [-0.2, -0.15) is 0 Å². The molecule has 2 aromatic carbocycles. The van der Waals surface area contributed by atoms with Crippen molar-refractivity contribution in [2.45, 2.75) is 67.2 Å². The van der Waals surface area contributed by atoms with Crippen molar-refractivity contribution in [3.63, 3.8) is 0 Å². The molecule has 230 valence electrons. The third-order valence-electron chi connectivity index (χ3n) is 8.21. The van der Waals surface area contributed by atoms with E-state index >= 15 is 0 Å². The molecule has 0 bridgehead atoms. The lowest BCUT2D eigenvalue weighted by molar-refractivity contribution is 0.471. The Morgan fingerprint density at radius 1 is 0.795 bits per heavy atom. The van der Waals surface area contributed by atoms with Gasteiger partial charge in [0, 0.05) is 0 Å². The number of allylic oxidation sites excluding steroid dienone is 16. The number of hydrogen-bond acceptors (Lipinski definition) is 0. The SMILES string of the molecule is C=C/C=C(CCC)/C(C)=C/C=C(\C=C)c1c(C=C)c(C=C)c(C(/C=C\C(CCC)C(C)/C=C\C=C/C)=C/C)c2ccccc12. The van der Waals surface area contributed by atoms with Crippen LogP contribution in [0.4, 0.5) is 0 Å². The zero-order valence-corrected chi connectivity index (χ0v) is 28.2. The lowest BCUT2D eigenvalue weighted by atomic mass is 9.82. The fourth-order valence-corrected chi connectivity index (χ4v) is 5.84. The summed E-state index contributed by atoms with van der Waals surface area (Å²) in [6.45, 7) is 29.9.